The topological polar surface area (TPSA) is 91.2 Å². The van der Waals surface area contributed by atoms with Crippen molar-refractivity contribution in [2.45, 2.75) is 0 Å². The summed E-state index contributed by atoms with van der Waals surface area (Å²) in [6.07, 6.45) is 4.75. The minimum absolute atomic E-state index is 0.336. The van der Waals surface area contributed by atoms with Gasteiger partial charge in [0, 0.05) is 30.1 Å². The van der Waals surface area contributed by atoms with E-state index >= 15 is 0 Å². The zero-order chi connectivity index (χ0) is 16.9. The van der Waals surface area contributed by atoms with E-state index in [0.29, 0.717) is 28.7 Å². The normalized spacial score (nSPS) is 10.2. The summed E-state index contributed by atoms with van der Waals surface area (Å²) in [4.78, 5) is 20.6. The molecule has 3 rings (SSSR count). The Morgan fingerprint density at radius 3 is 2.46 bits per heavy atom. The fraction of sp³-hybridized carbons (Fsp3) is 0.125. The van der Waals surface area contributed by atoms with E-state index in [1.54, 1.807) is 47.4 Å². The second-order valence-corrected chi connectivity index (χ2v) is 4.77. The van der Waals surface area contributed by atoms with Crippen LogP contribution in [0.5, 0.6) is 11.5 Å². The molecule has 1 aromatic carbocycles. The molecule has 0 aliphatic rings. The third kappa shape index (κ3) is 3.32. The van der Waals surface area contributed by atoms with Crippen LogP contribution in [0.15, 0.2) is 49.1 Å². The minimum Gasteiger partial charge on any atom is -0.497 e. The maximum Gasteiger partial charge on any atom is 0.257 e. The van der Waals surface area contributed by atoms with Crippen LogP contribution in [-0.4, -0.2) is 39.9 Å². The molecule has 0 atom stereocenters. The standard InChI is InChI=1S/C16H15N5O3/c1-23-12-6-11(7-13(8-12)24-2)16(22)20-14-9-15(18-10-17-14)21-5-3-4-19-21/h3-10H,1-2H3,(H,17,18,20,22). The molecule has 1 N–H and O–H groups in total. The maximum absolute atomic E-state index is 12.4. The number of methoxy groups -OCH3 is 2. The minimum atomic E-state index is -0.336. The van der Waals surface area contributed by atoms with E-state index in [0.717, 1.165) is 0 Å². The molecular weight excluding hydrogens is 310 g/mol. The number of carbonyl (C=O) groups is 1. The van der Waals surface area contributed by atoms with Crippen LogP contribution in [0, 0.1) is 0 Å². The Morgan fingerprint density at radius 2 is 1.83 bits per heavy atom. The van der Waals surface area contributed by atoms with Crippen molar-refractivity contribution in [1.82, 2.24) is 19.7 Å². The summed E-state index contributed by atoms with van der Waals surface area (Å²) in [6, 6.07) is 8.34. The molecule has 0 fully saturated rings. The lowest BCUT2D eigenvalue weighted by Crippen LogP contribution is -2.14. The van der Waals surface area contributed by atoms with Crippen LogP contribution in [0.2, 0.25) is 0 Å². The predicted molar refractivity (Wildman–Crippen MR) is 86.7 cm³/mol. The van der Waals surface area contributed by atoms with Gasteiger partial charge in [0.05, 0.1) is 14.2 Å². The highest BCUT2D eigenvalue weighted by Crippen LogP contribution is 2.23. The Labute approximate surface area is 138 Å². The average molecular weight is 325 g/mol. The molecule has 0 aliphatic carbocycles. The number of rotatable bonds is 5. The quantitative estimate of drug-likeness (QED) is 0.771. The summed E-state index contributed by atoms with van der Waals surface area (Å²) in [6.45, 7) is 0. The summed E-state index contributed by atoms with van der Waals surface area (Å²) in [5, 5.41) is 6.81. The Balaban J connectivity index is 1.84. The van der Waals surface area contributed by atoms with Crippen molar-refractivity contribution in [3.05, 3.63) is 54.6 Å². The number of nitrogens with zero attached hydrogens (tertiary/aromatic N) is 4. The third-order valence-corrected chi connectivity index (χ3v) is 3.25. The molecule has 24 heavy (non-hydrogen) atoms. The molecular formula is C16H15N5O3. The molecule has 2 aromatic heterocycles. The Bertz CT molecular complexity index is 826. The van der Waals surface area contributed by atoms with E-state index in [1.807, 2.05) is 0 Å². The Hall–Kier alpha value is -3.42. The lowest BCUT2D eigenvalue weighted by atomic mass is 10.2. The first-order valence-electron chi connectivity index (χ1n) is 7.06. The van der Waals surface area contributed by atoms with Crippen molar-refractivity contribution >= 4 is 11.7 Å². The number of amides is 1. The van der Waals surface area contributed by atoms with Crippen molar-refractivity contribution in [3.8, 4) is 17.3 Å². The molecule has 0 bridgehead atoms. The van der Waals surface area contributed by atoms with Crippen LogP contribution in [0.25, 0.3) is 5.82 Å². The zero-order valence-electron chi connectivity index (χ0n) is 13.1. The van der Waals surface area contributed by atoms with Gasteiger partial charge >= 0.3 is 0 Å². The number of hydrogen-bond donors (Lipinski definition) is 1. The highest BCUT2D eigenvalue weighted by Gasteiger charge is 2.11. The van der Waals surface area contributed by atoms with E-state index in [4.69, 9.17) is 9.47 Å². The molecule has 8 nitrogen and oxygen atoms in total. The van der Waals surface area contributed by atoms with Crippen molar-refractivity contribution in [3.63, 3.8) is 0 Å². The fourth-order valence-corrected chi connectivity index (χ4v) is 2.07. The van der Waals surface area contributed by atoms with E-state index in [2.05, 4.69) is 20.4 Å². The molecule has 2 heterocycles. The molecule has 0 spiro atoms. The van der Waals surface area contributed by atoms with Gasteiger partial charge in [-0.25, -0.2) is 14.6 Å². The van der Waals surface area contributed by atoms with Crippen LogP contribution in [-0.2, 0) is 0 Å². The highest BCUT2D eigenvalue weighted by molar-refractivity contribution is 6.04. The van der Waals surface area contributed by atoms with Crippen LogP contribution in [0.4, 0.5) is 5.82 Å². The molecule has 0 saturated carbocycles. The number of carbonyl (C=O) groups excluding carboxylic acids is 1. The number of nitrogens with one attached hydrogen (secondary N) is 1. The largest absolute Gasteiger partial charge is 0.497 e. The van der Waals surface area contributed by atoms with Gasteiger partial charge in [0.15, 0.2) is 5.82 Å². The maximum atomic E-state index is 12.4. The third-order valence-electron chi connectivity index (χ3n) is 3.25. The van der Waals surface area contributed by atoms with Crippen molar-refractivity contribution in [1.29, 1.82) is 0 Å². The van der Waals surface area contributed by atoms with Crippen molar-refractivity contribution in [2.24, 2.45) is 0 Å². The van der Waals surface area contributed by atoms with Gasteiger partial charge in [-0.1, -0.05) is 0 Å². The second-order valence-electron chi connectivity index (χ2n) is 4.77. The van der Waals surface area contributed by atoms with E-state index in [-0.39, 0.29) is 5.91 Å². The van der Waals surface area contributed by atoms with Crippen LogP contribution in [0.1, 0.15) is 10.4 Å². The van der Waals surface area contributed by atoms with Gasteiger partial charge in [-0.05, 0) is 18.2 Å². The Kier molecular flexibility index (Phi) is 4.37. The molecule has 0 saturated heterocycles. The average Bonchev–Trinajstić information content (AvgIpc) is 3.16. The molecule has 0 unspecified atom stereocenters. The summed E-state index contributed by atoms with van der Waals surface area (Å²) in [7, 11) is 3.05. The molecule has 0 aliphatic heterocycles. The SMILES string of the molecule is COc1cc(OC)cc(C(=O)Nc2cc(-n3cccn3)ncn2)c1. The lowest BCUT2D eigenvalue weighted by molar-refractivity contribution is 0.102. The van der Waals surface area contributed by atoms with E-state index in [1.165, 1.54) is 20.5 Å². The lowest BCUT2D eigenvalue weighted by Gasteiger charge is -2.09. The van der Waals surface area contributed by atoms with E-state index in [9.17, 15) is 4.79 Å². The number of benzene rings is 1. The number of aromatic nitrogens is 4. The highest BCUT2D eigenvalue weighted by atomic mass is 16.5. The Morgan fingerprint density at radius 1 is 1.08 bits per heavy atom. The van der Waals surface area contributed by atoms with Crippen LogP contribution in [0.3, 0.4) is 0 Å². The van der Waals surface area contributed by atoms with Crippen LogP contribution >= 0.6 is 0 Å². The number of anilines is 1. The predicted octanol–water partition coefficient (Wildman–Crippen LogP) is 1.93. The smallest absolute Gasteiger partial charge is 0.257 e. The van der Waals surface area contributed by atoms with Gasteiger partial charge in [0.25, 0.3) is 5.91 Å². The molecule has 0 radical (unpaired) electrons. The first-order chi connectivity index (χ1) is 11.7. The van der Waals surface area contributed by atoms with Crippen molar-refractivity contribution in [2.75, 3.05) is 19.5 Å². The summed E-state index contributed by atoms with van der Waals surface area (Å²) >= 11 is 0. The molecule has 1 amide bonds. The number of ether oxygens (including phenoxy) is 2. The monoisotopic (exact) mass is 325 g/mol. The first-order valence-corrected chi connectivity index (χ1v) is 7.06. The summed E-state index contributed by atoms with van der Waals surface area (Å²) < 4.78 is 11.9. The van der Waals surface area contributed by atoms with Gasteiger partial charge in [-0.15, -0.1) is 0 Å². The second kappa shape index (κ2) is 6.78. The van der Waals surface area contributed by atoms with Crippen molar-refractivity contribution < 1.29 is 14.3 Å². The zero-order valence-corrected chi connectivity index (χ0v) is 13.1. The van der Waals surface area contributed by atoms with Gasteiger partial charge in [-0.2, -0.15) is 5.10 Å². The molecule has 3 aromatic rings. The van der Waals surface area contributed by atoms with Gasteiger partial charge in [0.1, 0.15) is 23.6 Å². The molecule has 8 heteroatoms. The first kappa shape index (κ1) is 15.5. The van der Waals surface area contributed by atoms with Crippen LogP contribution < -0.4 is 14.8 Å². The van der Waals surface area contributed by atoms with Gasteiger partial charge in [-0.3, -0.25) is 4.79 Å². The summed E-state index contributed by atoms with van der Waals surface area (Å²) in [5.41, 5.74) is 0.394. The van der Waals surface area contributed by atoms with Gasteiger partial charge in [0.2, 0.25) is 0 Å². The molecule has 122 valence electrons. The number of hydrogen-bond acceptors (Lipinski definition) is 6. The van der Waals surface area contributed by atoms with Gasteiger partial charge < -0.3 is 14.8 Å². The fourth-order valence-electron chi connectivity index (χ4n) is 2.07. The van der Waals surface area contributed by atoms with E-state index < -0.39 is 0 Å². The summed E-state index contributed by atoms with van der Waals surface area (Å²) in [5.74, 6) is 1.63.